The molecular weight excluding hydrogens is 420 g/mol. The predicted octanol–water partition coefficient (Wildman–Crippen LogP) is 4.75. The first-order valence-electron chi connectivity index (χ1n) is 9.11. The Bertz CT molecular complexity index is 1060. The van der Waals surface area contributed by atoms with Crippen LogP contribution in [0.2, 0.25) is 5.15 Å². The smallest absolute Gasteiger partial charge is 0.338 e. The van der Waals surface area contributed by atoms with Crippen molar-refractivity contribution in [1.29, 1.82) is 0 Å². The number of rotatable bonds is 4. The largest absolute Gasteiger partial charge is 0.454 e. The van der Waals surface area contributed by atoms with Gasteiger partial charge in [0.15, 0.2) is 18.1 Å². The molecule has 3 heterocycles. The molecular formula is C20H18Cl2FN3O3. The minimum absolute atomic E-state index is 0.000352. The molecule has 4 atom stereocenters. The van der Waals surface area contributed by atoms with Gasteiger partial charge in [-0.25, -0.2) is 19.2 Å². The molecule has 0 N–H and O–H groups in total. The average molecular weight is 438 g/mol. The van der Waals surface area contributed by atoms with Crippen molar-refractivity contribution in [2.75, 3.05) is 0 Å². The lowest BCUT2D eigenvalue weighted by Gasteiger charge is -2.29. The van der Waals surface area contributed by atoms with Crippen molar-refractivity contribution in [2.24, 2.45) is 0 Å². The van der Waals surface area contributed by atoms with Gasteiger partial charge in [-0.15, -0.1) is 11.6 Å². The van der Waals surface area contributed by atoms with Gasteiger partial charge >= 0.3 is 5.97 Å². The zero-order chi connectivity index (χ0) is 20.8. The van der Waals surface area contributed by atoms with E-state index in [1.54, 1.807) is 31.2 Å². The number of carbonyl (C=O) groups is 1. The molecule has 1 aromatic carbocycles. The van der Waals surface area contributed by atoms with Crippen molar-refractivity contribution >= 4 is 40.2 Å². The second-order valence-corrected chi connectivity index (χ2v) is 8.20. The summed E-state index contributed by atoms with van der Waals surface area (Å²) < 4.78 is 27.8. The van der Waals surface area contributed by atoms with Crippen LogP contribution in [-0.2, 0) is 9.47 Å². The Kier molecular flexibility index (Phi) is 5.23. The highest BCUT2D eigenvalue weighted by Crippen LogP contribution is 2.47. The van der Waals surface area contributed by atoms with E-state index >= 15 is 0 Å². The molecule has 29 heavy (non-hydrogen) atoms. The van der Waals surface area contributed by atoms with Crippen LogP contribution in [0.1, 0.15) is 36.9 Å². The molecule has 6 nitrogen and oxygen atoms in total. The first-order valence-corrected chi connectivity index (χ1v) is 9.87. The number of fused-ring (bicyclic) bond motifs is 1. The van der Waals surface area contributed by atoms with Crippen LogP contribution in [0.4, 0.5) is 4.39 Å². The van der Waals surface area contributed by atoms with Crippen LogP contribution in [0.3, 0.4) is 0 Å². The third-order valence-electron chi connectivity index (χ3n) is 5.10. The lowest BCUT2D eigenvalue weighted by molar-refractivity contribution is -0.0287. The van der Waals surface area contributed by atoms with Crippen molar-refractivity contribution in [3.05, 3.63) is 59.4 Å². The van der Waals surface area contributed by atoms with E-state index in [4.69, 9.17) is 32.7 Å². The zero-order valence-corrected chi connectivity index (χ0v) is 17.2. The van der Waals surface area contributed by atoms with Gasteiger partial charge in [-0.2, -0.15) is 0 Å². The van der Waals surface area contributed by atoms with E-state index in [0.717, 1.165) is 0 Å². The highest BCUT2D eigenvalue weighted by Gasteiger charge is 2.55. The standard InChI is InChI=1S/C20H18Cl2FN3O3/c1-3-13-15(29-18(27)11-7-5-4-6-8-11)20(2,22)19(28-13)26-9-12(23)14-16(21)24-10-25-17(14)26/h4-10,13,15,19H,3H2,1-2H3/t13-,15-,19-,20-/m1/s1. The Labute approximate surface area is 176 Å². The molecule has 1 fully saturated rings. The van der Waals surface area contributed by atoms with Crippen LogP contribution in [0.25, 0.3) is 11.0 Å². The topological polar surface area (TPSA) is 66.2 Å². The monoisotopic (exact) mass is 437 g/mol. The summed E-state index contributed by atoms with van der Waals surface area (Å²) in [6.07, 6.45) is 0.942. The van der Waals surface area contributed by atoms with Gasteiger partial charge in [0.25, 0.3) is 0 Å². The normalized spacial score (nSPS) is 26.7. The van der Waals surface area contributed by atoms with Crippen molar-refractivity contribution in [3.63, 3.8) is 0 Å². The van der Waals surface area contributed by atoms with E-state index in [1.807, 2.05) is 13.0 Å². The van der Waals surface area contributed by atoms with E-state index < -0.39 is 35.1 Å². The molecule has 0 radical (unpaired) electrons. The minimum Gasteiger partial charge on any atom is -0.454 e. The Morgan fingerprint density at radius 3 is 2.76 bits per heavy atom. The van der Waals surface area contributed by atoms with E-state index in [1.165, 1.54) is 17.1 Å². The number of benzene rings is 1. The van der Waals surface area contributed by atoms with Crippen molar-refractivity contribution in [3.8, 4) is 0 Å². The summed E-state index contributed by atoms with van der Waals surface area (Å²) in [6, 6.07) is 8.64. The number of halogens is 3. The van der Waals surface area contributed by atoms with Gasteiger partial charge in [0.05, 0.1) is 17.1 Å². The zero-order valence-electron chi connectivity index (χ0n) is 15.7. The molecule has 1 aliphatic rings. The maximum atomic E-state index is 14.5. The van der Waals surface area contributed by atoms with Crippen LogP contribution in [0.15, 0.2) is 42.9 Å². The number of carbonyl (C=O) groups excluding carboxylic acids is 1. The lowest BCUT2D eigenvalue weighted by Crippen LogP contribution is -2.42. The third kappa shape index (κ3) is 3.37. The van der Waals surface area contributed by atoms with E-state index in [2.05, 4.69) is 9.97 Å². The first-order chi connectivity index (χ1) is 13.8. The summed E-state index contributed by atoms with van der Waals surface area (Å²) in [5.74, 6) is -1.08. The fourth-order valence-electron chi connectivity index (χ4n) is 3.65. The van der Waals surface area contributed by atoms with Crippen LogP contribution in [0, 0.1) is 5.82 Å². The fraction of sp³-hybridized carbons (Fsp3) is 0.350. The average Bonchev–Trinajstić information content (AvgIpc) is 3.17. The van der Waals surface area contributed by atoms with Gasteiger partial charge in [-0.3, -0.25) is 0 Å². The second kappa shape index (κ2) is 7.55. The minimum atomic E-state index is -1.18. The summed E-state index contributed by atoms with van der Waals surface area (Å²) in [6.45, 7) is 3.60. The first kappa shape index (κ1) is 20.1. The number of hydrogen-bond acceptors (Lipinski definition) is 5. The maximum absolute atomic E-state index is 14.5. The molecule has 9 heteroatoms. The summed E-state index contributed by atoms with van der Waals surface area (Å²) in [4.78, 5) is 19.4. The highest BCUT2D eigenvalue weighted by atomic mass is 35.5. The predicted molar refractivity (Wildman–Crippen MR) is 107 cm³/mol. The fourth-order valence-corrected chi connectivity index (χ4v) is 4.21. The number of aromatic nitrogens is 3. The summed E-state index contributed by atoms with van der Waals surface area (Å²) in [7, 11) is 0. The Hall–Kier alpha value is -2.22. The van der Waals surface area contributed by atoms with E-state index in [0.29, 0.717) is 12.0 Å². The van der Waals surface area contributed by atoms with E-state index in [-0.39, 0.29) is 16.2 Å². The molecule has 1 aliphatic heterocycles. The number of ether oxygens (including phenoxy) is 2. The van der Waals surface area contributed by atoms with E-state index in [9.17, 15) is 9.18 Å². The number of alkyl halides is 1. The molecule has 1 saturated heterocycles. The SMILES string of the molecule is CC[C@H]1O[C@@H](n2cc(F)c3c(Cl)ncnc32)[C@](C)(Cl)[C@@H]1OC(=O)c1ccccc1. The number of hydrogen-bond donors (Lipinski definition) is 0. The molecule has 152 valence electrons. The van der Waals surface area contributed by atoms with Crippen LogP contribution in [-0.4, -0.2) is 37.6 Å². The Balaban J connectivity index is 1.71. The highest BCUT2D eigenvalue weighted by molar-refractivity contribution is 6.34. The molecule has 0 amide bonds. The summed E-state index contributed by atoms with van der Waals surface area (Å²) >= 11 is 12.9. The quantitative estimate of drug-likeness (QED) is 0.334. The van der Waals surface area contributed by atoms with Gasteiger partial charge in [0.1, 0.15) is 22.0 Å². The number of esters is 1. The van der Waals surface area contributed by atoms with Gasteiger partial charge in [0.2, 0.25) is 0 Å². The van der Waals surface area contributed by atoms with Crippen molar-refractivity contribution < 1.29 is 18.7 Å². The number of nitrogens with zero attached hydrogens (tertiary/aromatic N) is 3. The molecule has 2 aromatic heterocycles. The Morgan fingerprint density at radius 2 is 2.07 bits per heavy atom. The molecule has 0 bridgehead atoms. The summed E-state index contributed by atoms with van der Waals surface area (Å²) in [5.41, 5.74) is 0.666. The molecule has 0 aliphatic carbocycles. The van der Waals surface area contributed by atoms with Crippen molar-refractivity contribution in [1.82, 2.24) is 14.5 Å². The Morgan fingerprint density at radius 1 is 1.34 bits per heavy atom. The lowest BCUT2D eigenvalue weighted by atomic mass is 9.99. The maximum Gasteiger partial charge on any atom is 0.338 e. The molecule has 0 unspecified atom stereocenters. The summed E-state index contributed by atoms with van der Waals surface area (Å²) in [5, 5.41) is 0.0858. The molecule has 4 rings (SSSR count). The third-order valence-corrected chi connectivity index (χ3v) is 5.78. The van der Waals surface area contributed by atoms with Crippen molar-refractivity contribution in [2.45, 2.75) is 43.6 Å². The van der Waals surface area contributed by atoms with Crippen LogP contribution in [0.5, 0.6) is 0 Å². The van der Waals surface area contributed by atoms with Gasteiger partial charge in [-0.05, 0) is 25.5 Å². The van der Waals surface area contributed by atoms with Gasteiger partial charge in [-0.1, -0.05) is 36.7 Å². The molecule has 0 saturated carbocycles. The van der Waals surface area contributed by atoms with Gasteiger partial charge < -0.3 is 14.0 Å². The molecule has 0 spiro atoms. The van der Waals surface area contributed by atoms with Gasteiger partial charge in [0, 0.05) is 6.20 Å². The molecule has 3 aromatic rings. The van der Waals surface area contributed by atoms with Crippen LogP contribution >= 0.6 is 23.2 Å². The second-order valence-electron chi connectivity index (χ2n) is 7.03. The van der Waals surface area contributed by atoms with Crippen LogP contribution < -0.4 is 0 Å².